The van der Waals surface area contributed by atoms with Crippen LogP contribution in [-0.4, -0.2) is 89.5 Å². The van der Waals surface area contributed by atoms with Crippen LogP contribution in [0.2, 0.25) is 0 Å². The van der Waals surface area contributed by atoms with Crippen LogP contribution in [0.25, 0.3) is 0 Å². The quantitative estimate of drug-likeness (QED) is 0.0939. The third kappa shape index (κ3) is 19.3. The minimum atomic E-state index is -1.91. The Hall–Kier alpha value is -10.1. The van der Waals surface area contributed by atoms with Gasteiger partial charge >= 0.3 is 55.7 Å². The van der Waals surface area contributed by atoms with E-state index in [1.54, 1.807) is 0 Å². The molecule has 33 heteroatoms. The third-order valence-electron chi connectivity index (χ3n) is 8.54. The Kier molecular flexibility index (Phi) is 29.8. The van der Waals surface area contributed by atoms with Crippen molar-refractivity contribution in [1.29, 1.82) is 0 Å². The van der Waals surface area contributed by atoms with Crippen LogP contribution in [0.1, 0.15) is 155 Å². The molecular weight excluding hydrogens is 1170 g/mol. The van der Waals surface area contributed by atoms with Crippen molar-refractivity contribution in [3.05, 3.63) is 174 Å². The summed E-state index contributed by atoms with van der Waals surface area (Å²) in [6.45, 7) is 0. The Bertz CT molecular complexity index is 2590. The van der Waals surface area contributed by atoms with Crippen molar-refractivity contribution >= 4 is 89.5 Å². The molecule has 0 aliphatic heterocycles. The molecule has 5 aromatic rings. The van der Waals surface area contributed by atoms with E-state index in [2.05, 4.69) is 0 Å². The van der Waals surface area contributed by atoms with Crippen molar-refractivity contribution in [2.24, 2.45) is 0 Å². The standard InChI is InChI=1S/5C9H6O6.3V/c5*10-7(11)4-2-1-3-5(8(12)13)6(4)9(14)15;;;/h5*1-3H,(H,10,11)(H,12,13)(H,14,15);;;/q;;;;;3*+5/p-15. The van der Waals surface area contributed by atoms with Crippen molar-refractivity contribution < 1.29 is 204 Å². The molecule has 0 N–H and O–H groups in total. The fourth-order valence-corrected chi connectivity index (χ4v) is 5.56. The number of aromatic carboxylic acids is 15. The molecular formula is C45H15O30V3. The van der Waals surface area contributed by atoms with Crippen LogP contribution in [0.15, 0.2) is 91.0 Å². The largest absolute Gasteiger partial charge is 5.00 e. The Morgan fingerprint density at radius 2 is 0.244 bits per heavy atom. The van der Waals surface area contributed by atoms with Crippen LogP contribution in [0.5, 0.6) is 0 Å². The van der Waals surface area contributed by atoms with E-state index in [1.807, 2.05) is 0 Å². The summed E-state index contributed by atoms with van der Waals surface area (Å²) in [5.74, 6) is -27.5. The van der Waals surface area contributed by atoms with E-state index in [9.17, 15) is 149 Å². The van der Waals surface area contributed by atoms with Gasteiger partial charge in [0.1, 0.15) is 0 Å². The minimum absolute atomic E-state index is 0. The van der Waals surface area contributed by atoms with Gasteiger partial charge in [-0.3, -0.25) is 0 Å². The Balaban J connectivity index is -0.000000893. The van der Waals surface area contributed by atoms with E-state index in [4.69, 9.17) is 0 Å². The van der Waals surface area contributed by atoms with E-state index in [0.29, 0.717) is 0 Å². The molecule has 0 amide bonds. The maximum atomic E-state index is 10.6. The van der Waals surface area contributed by atoms with Gasteiger partial charge in [-0.25, -0.2) is 0 Å². The molecule has 0 radical (unpaired) electrons. The molecule has 0 unspecified atom stereocenters. The van der Waals surface area contributed by atoms with Gasteiger partial charge in [0, 0.05) is 83.5 Å². The molecule has 78 heavy (non-hydrogen) atoms. The fourth-order valence-electron chi connectivity index (χ4n) is 5.56. The average molecular weight is 1190 g/mol. The predicted molar refractivity (Wildman–Crippen MR) is 197 cm³/mol. The maximum Gasteiger partial charge on any atom is 5.00 e. The molecule has 0 heterocycles. The van der Waals surface area contributed by atoms with E-state index in [0.717, 1.165) is 91.0 Å². The van der Waals surface area contributed by atoms with E-state index in [-0.39, 0.29) is 55.7 Å². The summed E-state index contributed by atoms with van der Waals surface area (Å²) < 4.78 is 0. The van der Waals surface area contributed by atoms with Crippen LogP contribution < -0.4 is 76.6 Å². The van der Waals surface area contributed by atoms with Gasteiger partial charge in [-0.05, 0) is 0 Å². The van der Waals surface area contributed by atoms with Gasteiger partial charge in [0.25, 0.3) is 0 Å². The van der Waals surface area contributed by atoms with E-state index >= 15 is 0 Å². The van der Waals surface area contributed by atoms with Crippen LogP contribution >= 0.6 is 0 Å². The van der Waals surface area contributed by atoms with Crippen molar-refractivity contribution in [2.75, 3.05) is 0 Å². The first-order valence-electron chi connectivity index (χ1n) is 18.6. The second-order valence-electron chi connectivity index (χ2n) is 13.0. The molecule has 0 aliphatic rings. The number of carbonyl (C=O) groups is 15. The maximum absolute atomic E-state index is 10.6. The topological polar surface area (TPSA) is 602 Å². The van der Waals surface area contributed by atoms with Gasteiger partial charge in [0.15, 0.2) is 0 Å². The van der Waals surface area contributed by atoms with Crippen LogP contribution in [0.3, 0.4) is 0 Å². The molecule has 0 saturated carbocycles. The monoisotopic (exact) mass is 1190 g/mol. The normalized spacial score (nSPS) is 9.23. The Morgan fingerprint density at radius 1 is 0.167 bits per heavy atom. The zero-order valence-corrected chi connectivity index (χ0v) is 41.4. The second-order valence-corrected chi connectivity index (χ2v) is 13.0. The van der Waals surface area contributed by atoms with Crippen molar-refractivity contribution in [1.82, 2.24) is 0 Å². The molecule has 390 valence electrons. The number of rotatable bonds is 15. The van der Waals surface area contributed by atoms with Gasteiger partial charge in [-0.1, -0.05) is 91.0 Å². The number of carbonyl (C=O) groups excluding carboxylic acids is 15. The molecule has 0 spiro atoms. The predicted octanol–water partition coefficient (Wildman–Crippen LogP) is -16.1. The van der Waals surface area contributed by atoms with Crippen LogP contribution in [0, 0.1) is 0 Å². The zero-order valence-electron chi connectivity index (χ0n) is 37.2. The summed E-state index contributed by atoms with van der Waals surface area (Å²) in [6.07, 6.45) is 0. The fraction of sp³-hybridized carbons (Fsp3) is 0. The van der Waals surface area contributed by atoms with Crippen molar-refractivity contribution in [3.8, 4) is 0 Å². The van der Waals surface area contributed by atoms with Crippen LogP contribution in [-0.2, 0) is 55.7 Å². The first kappa shape index (κ1) is 72.2. The van der Waals surface area contributed by atoms with Gasteiger partial charge in [-0.2, -0.15) is 0 Å². The SMILES string of the molecule is O=C([O-])c1cccc(C(=O)[O-])c1C(=O)[O-].O=C([O-])c1cccc(C(=O)[O-])c1C(=O)[O-].O=C([O-])c1cccc(C(=O)[O-])c1C(=O)[O-].O=C([O-])c1cccc(C(=O)[O-])c1C(=O)[O-].O=C([O-])c1cccc(C(=O)[O-])c1C(=O)[O-].[V+5].[V+5].[V+5]. The summed E-state index contributed by atoms with van der Waals surface area (Å²) in [7, 11) is 0. The van der Waals surface area contributed by atoms with Crippen molar-refractivity contribution in [3.63, 3.8) is 0 Å². The summed E-state index contributed by atoms with van der Waals surface area (Å²) >= 11 is 0. The first-order valence-corrected chi connectivity index (χ1v) is 18.6. The molecule has 0 aliphatic carbocycles. The van der Waals surface area contributed by atoms with Gasteiger partial charge < -0.3 is 149 Å². The number of carboxylic acids is 15. The molecule has 5 aromatic carbocycles. The smallest absolute Gasteiger partial charge is 0.545 e. The summed E-state index contributed by atoms with van der Waals surface area (Å²) in [6, 6.07) is 14.5. The zero-order chi connectivity index (χ0) is 57.9. The molecule has 5 rings (SSSR count). The van der Waals surface area contributed by atoms with E-state index in [1.165, 1.54) is 0 Å². The van der Waals surface area contributed by atoms with Gasteiger partial charge in [0.2, 0.25) is 0 Å². The first-order chi connectivity index (χ1) is 34.7. The molecule has 0 aromatic heterocycles. The summed E-state index contributed by atoms with van der Waals surface area (Å²) in [4.78, 5) is 158. The molecule has 0 bridgehead atoms. The Labute approximate surface area is 466 Å². The molecule has 0 atom stereocenters. The minimum Gasteiger partial charge on any atom is -0.545 e. The van der Waals surface area contributed by atoms with Crippen LogP contribution in [0.4, 0.5) is 0 Å². The molecule has 0 saturated heterocycles. The Morgan fingerprint density at radius 3 is 0.295 bits per heavy atom. The average Bonchev–Trinajstić information content (AvgIpc) is 3.32. The van der Waals surface area contributed by atoms with E-state index < -0.39 is 173 Å². The number of hydrogen-bond acceptors (Lipinski definition) is 30. The number of benzene rings is 5. The third-order valence-corrected chi connectivity index (χ3v) is 8.54. The molecule has 30 nitrogen and oxygen atoms in total. The van der Waals surface area contributed by atoms with Crippen molar-refractivity contribution in [2.45, 2.75) is 0 Å². The summed E-state index contributed by atoms with van der Waals surface area (Å²) in [5.41, 5.74) is -12.3. The molecule has 0 fully saturated rings. The summed E-state index contributed by atoms with van der Waals surface area (Å²) in [5, 5.41) is 158. The number of hydrogen-bond donors (Lipinski definition) is 0. The van der Waals surface area contributed by atoms with Gasteiger partial charge in [-0.15, -0.1) is 0 Å². The second kappa shape index (κ2) is 32.3. The number of carboxylic acid groups (broad SMARTS) is 15. The van der Waals surface area contributed by atoms with Gasteiger partial charge in [0.05, 0.1) is 89.5 Å².